The van der Waals surface area contributed by atoms with Crippen molar-refractivity contribution in [1.29, 1.82) is 0 Å². The summed E-state index contributed by atoms with van der Waals surface area (Å²) in [5.74, 6) is 1.22. The third kappa shape index (κ3) is 2.91. The van der Waals surface area contributed by atoms with E-state index in [1.165, 1.54) is 11.5 Å². The highest BCUT2D eigenvalue weighted by atomic mass is 16.2. The fourth-order valence-corrected chi connectivity index (χ4v) is 4.62. The van der Waals surface area contributed by atoms with Gasteiger partial charge in [-0.15, -0.1) is 0 Å². The molecule has 0 saturated carbocycles. The normalized spacial score (nSPS) is 18.2. The number of carbonyl (C=O) groups excluding carboxylic acids is 1. The van der Waals surface area contributed by atoms with Crippen LogP contribution >= 0.6 is 0 Å². The summed E-state index contributed by atoms with van der Waals surface area (Å²) < 4.78 is 4.07. The second kappa shape index (κ2) is 6.58. The number of rotatable bonds is 2. The summed E-state index contributed by atoms with van der Waals surface area (Å²) in [5, 5.41) is 4.27. The number of nitrogens with zero attached hydrogens (tertiary/aromatic N) is 6. The zero-order valence-corrected chi connectivity index (χ0v) is 16.1. The van der Waals surface area contributed by atoms with Gasteiger partial charge < -0.3 is 9.47 Å². The topological polar surface area (TPSA) is 68.8 Å². The summed E-state index contributed by atoms with van der Waals surface area (Å²) in [6.45, 7) is 2.57. The zero-order valence-electron chi connectivity index (χ0n) is 16.1. The zero-order chi connectivity index (χ0) is 19.1. The number of aromatic nitrogens is 5. The molecule has 7 heteroatoms. The van der Waals surface area contributed by atoms with E-state index in [9.17, 15) is 4.79 Å². The lowest BCUT2D eigenvalue weighted by molar-refractivity contribution is 0.0466. The van der Waals surface area contributed by atoms with E-state index in [4.69, 9.17) is 0 Å². The van der Waals surface area contributed by atoms with Gasteiger partial charge in [-0.25, -0.2) is 4.98 Å². The largest absolute Gasteiger partial charge is 0.337 e. The number of pyridine rings is 1. The molecule has 0 N–H and O–H groups in total. The van der Waals surface area contributed by atoms with Crippen molar-refractivity contribution in [2.45, 2.75) is 32.2 Å². The molecule has 0 atom stereocenters. The summed E-state index contributed by atoms with van der Waals surface area (Å²) in [6.07, 6.45) is 11.7. The van der Waals surface area contributed by atoms with Crippen LogP contribution in [0.15, 0.2) is 43.0 Å². The molecule has 0 aliphatic carbocycles. The molecule has 5 rings (SSSR count). The fourth-order valence-electron chi connectivity index (χ4n) is 4.62. The van der Waals surface area contributed by atoms with Crippen LogP contribution in [0, 0.1) is 5.41 Å². The van der Waals surface area contributed by atoms with Gasteiger partial charge in [0.15, 0.2) is 0 Å². The first-order valence-corrected chi connectivity index (χ1v) is 9.87. The van der Waals surface area contributed by atoms with Crippen LogP contribution in [0.2, 0.25) is 0 Å². The standard InChI is InChI=1S/C21H24N6O/c1-25-11-5-17(24-25)20(28)26-12-7-21(8-13-26)6-2-19-23-14-18(27(19)15-21)16-3-9-22-10-4-16/h3-5,9-11,14H,2,6-8,12-13,15H2,1H3. The van der Waals surface area contributed by atoms with Gasteiger partial charge >= 0.3 is 0 Å². The third-order valence-corrected chi connectivity index (χ3v) is 6.33. The number of hydrogen-bond acceptors (Lipinski definition) is 4. The Morgan fingerprint density at radius 2 is 1.89 bits per heavy atom. The van der Waals surface area contributed by atoms with E-state index in [0.29, 0.717) is 5.69 Å². The SMILES string of the molecule is Cn1ccc(C(=O)N2CCC3(CCc4ncc(-c5ccncc5)n4C3)CC2)n1. The molecular weight excluding hydrogens is 352 g/mol. The number of imidazole rings is 1. The van der Waals surface area contributed by atoms with Crippen LogP contribution in [0.25, 0.3) is 11.3 Å². The number of piperidine rings is 1. The maximum Gasteiger partial charge on any atom is 0.274 e. The molecule has 5 heterocycles. The lowest BCUT2D eigenvalue weighted by Gasteiger charge is -2.44. The summed E-state index contributed by atoms with van der Waals surface area (Å²) >= 11 is 0. The molecule has 28 heavy (non-hydrogen) atoms. The first-order chi connectivity index (χ1) is 13.6. The van der Waals surface area contributed by atoms with Gasteiger partial charge in [-0.3, -0.25) is 14.5 Å². The molecule has 0 bridgehead atoms. The quantitative estimate of drug-likeness (QED) is 0.689. The van der Waals surface area contributed by atoms with Gasteiger partial charge in [-0.1, -0.05) is 0 Å². The molecule has 0 unspecified atom stereocenters. The van der Waals surface area contributed by atoms with E-state index in [0.717, 1.165) is 50.9 Å². The van der Waals surface area contributed by atoms with Crippen molar-refractivity contribution in [1.82, 2.24) is 29.2 Å². The second-order valence-electron chi connectivity index (χ2n) is 8.05. The predicted molar refractivity (Wildman–Crippen MR) is 105 cm³/mol. The van der Waals surface area contributed by atoms with Crippen molar-refractivity contribution < 1.29 is 4.79 Å². The fraction of sp³-hybridized carbons (Fsp3) is 0.429. The third-order valence-electron chi connectivity index (χ3n) is 6.33. The number of fused-ring (bicyclic) bond motifs is 1. The molecular formula is C21H24N6O. The monoisotopic (exact) mass is 376 g/mol. The Balaban J connectivity index is 1.33. The van der Waals surface area contributed by atoms with Crippen molar-refractivity contribution in [3.05, 3.63) is 54.5 Å². The molecule has 3 aromatic rings. The van der Waals surface area contributed by atoms with Crippen molar-refractivity contribution in [3.63, 3.8) is 0 Å². The summed E-state index contributed by atoms with van der Waals surface area (Å²) in [6, 6.07) is 5.88. The molecule has 3 aromatic heterocycles. The maximum absolute atomic E-state index is 12.7. The lowest BCUT2D eigenvalue weighted by Crippen LogP contribution is -2.46. The molecule has 144 valence electrons. The van der Waals surface area contributed by atoms with Gasteiger partial charge in [0.2, 0.25) is 0 Å². The van der Waals surface area contributed by atoms with E-state index in [1.807, 2.05) is 48.9 Å². The number of amides is 1. The van der Waals surface area contributed by atoms with Crippen LogP contribution in [0.5, 0.6) is 0 Å². The van der Waals surface area contributed by atoms with E-state index in [-0.39, 0.29) is 11.3 Å². The highest BCUT2D eigenvalue weighted by Crippen LogP contribution is 2.42. The minimum atomic E-state index is 0.0482. The number of aryl methyl sites for hydroxylation is 2. The van der Waals surface area contributed by atoms with Gasteiger partial charge in [0.1, 0.15) is 11.5 Å². The Bertz CT molecular complexity index is 997. The predicted octanol–water partition coefficient (Wildman–Crippen LogP) is 2.55. The molecule has 7 nitrogen and oxygen atoms in total. The van der Waals surface area contributed by atoms with Crippen molar-refractivity contribution in [3.8, 4) is 11.3 Å². The summed E-state index contributed by atoms with van der Waals surface area (Å²) in [4.78, 5) is 23.5. The Hall–Kier alpha value is -2.96. The molecule has 1 saturated heterocycles. The molecule has 0 radical (unpaired) electrons. The van der Waals surface area contributed by atoms with Gasteiger partial charge in [0.05, 0.1) is 11.9 Å². The molecule has 1 amide bonds. The van der Waals surface area contributed by atoms with Crippen molar-refractivity contribution >= 4 is 5.91 Å². The minimum absolute atomic E-state index is 0.0482. The van der Waals surface area contributed by atoms with Crippen molar-refractivity contribution in [2.75, 3.05) is 13.1 Å². The highest BCUT2D eigenvalue weighted by molar-refractivity contribution is 5.92. The first kappa shape index (κ1) is 17.2. The van der Waals surface area contributed by atoms with Crippen LogP contribution in [0.4, 0.5) is 0 Å². The van der Waals surface area contributed by atoms with Crippen LogP contribution in [0.3, 0.4) is 0 Å². The van der Waals surface area contributed by atoms with Gasteiger partial charge in [-0.2, -0.15) is 5.10 Å². The average molecular weight is 376 g/mol. The van der Waals surface area contributed by atoms with Crippen molar-refractivity contribution in [2.24, 2.45) is 12.5 Å². The van der Waals surface area contributed by atoms with E-state index >= 15 is 0 Å². The van der Waals surface area contributed by atoms with E-state index in [2.05, 4.69) is 19.6 Å². The Morgan fingerprint density at radius 1 is 1.11 bits per heavy atom. The Kier molecular flexibility index (Phi) is 4.03. The number of carbonyl (C=O) groups is 1. The van der Waals surface area contributed by atoms with E-state index in [1.54, 1.807) is 10.7 Å². The summed E-state index contributed by atoms with van der Waals surface area (Å²) in [5.41, 5.74) is 3.12. The Labute approximate surface area is 164 Å². The number of hydrogen-bond donors (Lipinski definition) is 0. The summed E-state index contributed by atoms with van der Waals surface area (Å²) in [7, 11) is 1.84. The second-order valence-corrected chi connectivity index (χ2v) is 8.05. The molecule has 2 aliphatic rings. The van der Waals surface area contributed by atoms with Crippen LogP contribution in [-0.2, 0) is 20.0 Å². The number of likely N-dealkylation sites (tertiary alicyclic amines) is 1. The van der Waals surface area contributed by atoms with Gasteiger partial charge in [0.25, 0.3) is 5.91 Å². The minimum Gasteiger partial charge on any atom is -0.337 e. The smallest absolute Gasteiger partial charge is 0.274 e. The molecule has 1 spiro atoms. The average Bonchev–Trinajstić information content (AvgIpc) is 3.35. The molecule has 2 aliphatic heterocycles. The van der Waals surface area contributed by atoms with Crippen LogP contribution < -0.4 is 0 Å². The van der Waals surface area contributed by atoms with Crippen LogP contribution in [-0.4, -0.2) is 48.2 Å². The highest BCUT2D eigenvalue weighted by Gasteiger charge is 2.40. The molecule has 1 fully saturated rings. The Morgan fingerprint density at radius 3 is 2.61 bits per heavy atom. The van der Waals surface area contributed by atoms with Gasteiger partial charge in [0, 0.05) is 57.3 Å². The van der Waals surface area contributed by atoms with E-state index < -0.39 is 0 Å². The van der Waals surface area contributed by atoms with Gasteiger partial charge in [-0.05, 0) is 42.9 Å². The maximum atomic E-state index is 12.7. The van der Waals surface area contributed by atoms with Crippen LogP contribution in [0.1, 0.15) is 35.6 Å². The first-order valence-electron chi connectivity index (χ1n) is 9.87. The molecule has 0 aromatic carbocycles. The lowest BCUT2D eigenvalue weighted by atomic mass is 9.73.